The molecule has 5 heteroatoms. The van der Waals surface area contributed by atoms with E-state index in [9.17, 15) is 4.79 Å². The van der Waals surface area contributed by atoms with Crippen molar-refractivity contribution in [2.45, 2.75) is 23.3 Å². The lowest BCUT2D eigenvalue weighted by Gasteiger charge is -2.05. The van der Waals surface area contributed by atoms with Gasteiger partial charge in [-0.15, -0.1) is 0 Å². The van der Waals surface area contributed by atoms with Crippen LogP contribution >= 0.6 is 11.8 Å². The molecule has 0 saturated carbocycles. The molecule has 0 bridgehead atoms. The molecule has 0 unspecified atom stereocenters. The fraction of sp³-hybridized carbons (Fsp3) is 0.133. The molecular formula is C15H12N2O2S. The Morgan fingerprint density at radius 3 is 2.60 bits per heavy atom. The lowest BCUT2D eigenvalue weighted by atomic mass is 10.2. The Balaban J connectivity index is 2.20. The van der Waals surface area contributed by atoms with Gasteiger partial charge in [0, 0.05) is 10.6 Å². The first-order valence-corrected chi connectivity index (χ1v) is 6.76. The second-order valence-electron chi connectivity index (χ2n) is 4.23. The largest absolute Gasteiger partial charge is 0.481 e. The fourth-order valence-electron chi connectivity index (χ4n) is 1.66. The minimum Gasteiger partial charge on any atom is -0.481 e. The molecule has 0 amide bonds. The highest BCUT2D eigenvalue weighted by atomic mass is 32.2. The van der Waals surface area contributed by atoms with E-state index in [1.54, 1.807) is 24.3 Å². The van der Waals surface area contributed by atoms with E-state index in [1.807, 2.05) is 19.1 Å². The molecule has 1 heterocycles. The molecule has 0 radical (unpaired) electrons. The van der Waals surface area contributed by atoms with Crippen LogP contribution in [0.5, 0.6) is 0 Å². The summed E-state index contributed by atoms with van der Waals surface area (Å²) in [6, 6.07) is 12.9. The molecule has 0 aliphatic carbocycles. The number of benzene rings is 1. The molecule has 0 aliphatic rings. The van der Waals surface area contributed by atoms with Gasteiger partial charge < -0.3 is 5.11 Å². The highest BCUT2D eigenvalue weighted by Crippen LogP contribution is 2.29. The first-order valence-electron chi connectivity index (χ1n) is 5.95. The molecule has 4 nitrogen and oxygen atoms in total. The molecule has 20 heavy (non-hydrogen) atoms. The van der Waals surface area contributed by atoms with Crippen molar-refractivity contribution < 1.29 is 9.90 Å². The van der Waals surface area contributed by atoms with Crippen LogP contribution in [0.4, 0.5) is 0 Å². The van der Waals surface area contributed by atoms with Crippen molar-refractivity contribution >= 4 is 17.7 Å². The number of aromatic nitrogens is 1. The first-order chi connectivity index (χ1) is 9.58. The summed E-state index contributed by atoms with van der Waals surface area (Å²) in [5, 5.41) is 18.4. The molecule has 1 aromatic carbocycles. The molecule has 0 fully saturated rings. The topological polar surface area (TPSA) is 74.0 Å². The summed E-state index contributed by atoms with van der Waals surface area (Å²) in [6.07, 6.45) is 0.0110. The maximum atomic E-state index is 10.6. The van der Waals surface area contributed by atoms with E-state index >= 15 is 0 Å². The Bertz CT molecular complexity index is 675. The first kappa shape index (κ1) is 14.1. The average molecular weight is 284 g/mol. The molecule has 1 aromatic heterocycles. The number of aliphatic carboxylic acids is 1. The predicted octanol–water partition coefficient (Wildman–Crippen LogP) is 3.04. The Hall–Kier alpha value is -2.32. The van der Waals surface area contributed by atoms with E-state index in [-0.39, 0.29) is 6.42 Å². The quantitative estimate of drug-likeness (QED) is 0.934. The van der Waals surface area contributed by atoms with Crippen LogP contribution < -0.4 is 0 Å². The standard InChI is InChI=1S/C15H12N2O2S/c1-10-2-5-12(9-16)15(17-10)20-13-6-3-11(4-7-13)8-14(18)19/h2-7H,8H2,1H3,(H,18,19). The van der Waals surface area contributed by atoms with Gasteiger partial charge in [0.2, 0.25) is 0 Å². The van der Waals surface area contributed by atoms with Crippen molar-refractivity contribution in [1.82, 2.24) is 4.98 Å². The molecule has 0 saturated heterocycles. The van der Waals surface area contributed by atoms with Gasteiger partial charge in [-0.05, 0) is 36.8 Å². The number of carboxylic acids is 1. The van der Waals surface area contributed by atoms with Crippen molar-refractivity contribution in [3.63, 3.8) is 0 Å². The highest BCUT2D eigenvalue weighted by Gasteiger charge is 2.07. The van der Waals surface area contributed by atoms with E-state index in [0.29, 0.717) is 10.6 Å². The van der Waals surface area contributed by atoms with E-state index in [4.69, 9.17) is 10.4 Å². The van der Waals surface area contributed by atoms with E-state index in [2.05, 4.69) is 11.1 Å². The van der Waals surface area contributed by atoms with E-state index in [0.717, 1.165) is 16.2 Å². The summed E-state index contributed by atoms with van der Waals surface area (Å²) in [5.41, 5.74) is 2.14. The van der Waals surface area contributed by atoms with Crippen molar-refractivity contribution in [2.24, 2.45) is 0 Å². The van der Waals surface area contributed by atoms with Crippen LogP contribution in [0.25, 0.3) is 0 Å². The summed E-state index contributed by atoms with van der Waals surface area (Å²) < 4.78 is 0. The summed E-state index contributed by atoms with van der Waals surface area (Å²) in [6.45, 7) is 1.88. The van der Waals surface area contributed by atoms with Gasteiger partial charge in [-0.25, -0.2) is 4.98 Å². The summed E-state index contributed by atoms with van der Waals surface area (Å²) >= 11 is 1.40. The van der Waals surface area contributed by atoms with Crippen LogP contribution in [-0.2, 0) is 11.2 Å². The van der Waals surface area contributed by atoms with Gasteiger partial charge in [-0.3, -0.25) is 4.79 Å². The highest BCUT2D eigenvalue weighted by molar-refractivity contribution is 7.99. The van der Waals surface area contributed by atoms with Crippen LogP contribution in [-0.4, -0.2) is 16.1 Å². The van der Waals surface area contributed by atoms with Crippen LogP contribution in [0.3, 0.4) is 0 Å². The molecule has 100 valence electrons. The minimum absolute atomic E-state index is 0.0110. The third-order valence-electron chi connectivity index (χ3n) is 2.61. The predicted molar refractivity (Wildman–Crippen MR) is 75.6 cm³/mol. The zero-order chi connectivity index (χ0) is 14.5. The van der Waals surface area contributed by atoms with Crippen molar-refractivity contribution in [1.29, 1.82) is 5.26 Å². The van der Waals surface area contributed by atoms with Crippen LogP contribution in [0.15, 0.2) is 46.3 Å². The Kier molecular flexibility index (Phi) is 4.38. The number of pyridine rings is 1. The summed E-state index contributed by atoms with van der Waals surface area (Å²) in [7, 11) is 0. The van der Waals surface area contributed by atoms with Crippen LogP contribution in [0.1, 0.15) is 16.8 Å². The third-order valence-corrected chi connectivity index (χ3v) is 3.63. The number of carboxylic acid groups (broad SMARTS) is 1. The number of nitrogens with zero attached hydrogens (tertiary/aromatic N) is 2. The molecule has 2 rings (SSSR count). The SMILES string of the molecule is Cc1ccc(C#N)c(Sc2ccc(CC(=O)O)cc2)n1. The second-order valence-corrected chi connectivity index (χ2v) is 5.30. The number of carbonyl (C=O) groups is 1. The molecule has 1 N–H and O–H groups in total. The smallest absolute Gasteiger partial charge is 0.307 e. The number of nitriles is 1. The van der Waals surface area contributed by atoms with Crippen LogP contribution in [0.2, 0.25) is 0 Å². The summed E-state index contributed by atoms with van der Waals surface area (Å²) in [4.78, 5) is 15.9. The van der Waals surface area contributed by atoms with E-state index in [1.165, 1.54) is 11.8 Å². The Labute approximate surface area is 121 Å². The zero-order valence-corrected chi connectivity index (χ0v) is 11.6. The Morgan fingerprint density at radius 1 is 1.30 bits per heavy atom. The van der Waals surface area contributed by atoms with Gasteiger partial charge >= 0.3 is 5.97 Å². The number of hydrogen-bond donors (Lipinski definition) is 1. The van der Waals surface area contributed by atoms with Gasteiger partial charge in [0.15, 0.2) is 0 Å². The van der Waals surface area contributed by atoms with E-state index < -0.39 is 5.97 Å². The van der Waals surface area contributed by atoms with Crippen LogP contribution in [0, 0.1) is 18.3 Å². The summed E-state index contributed by atoms with van der Waals surface area (Å²) in [5.74, 6) is -0.850. The van der Waals surface area contributed by atoms with Crippen molar-refractivity contribution in [3.8, 4) is 6.07 Å². The molecule has 0 atom stereocenters. The van der Waals surface area contributed by atoms with Gasteiger partial charge in [0.1, 0.15) is 11.1 Å². The second kappa shape index (κ2) is 6.22. The van der Waals surface area contributed by atoms with Gasteiger partial charge in [0.05, 0.1) is 12.0 Å². The number of rotatable bonds is 4. The number of aryl methyl sites for hydroxylation is 1. The van der Waals surface area contributed by atoms with Gasteiger partial charge in [-0.2, -0.15) is 5.26 Å². The Morgan fingerprint density at radius 2 is 2.00 bits per heavy atom. The minimum atomic E-state index is -0.850. The lowest BCUT2D eigenvalue weighted by Crippen LogP contribution is -1.99. The fourth-order valence-corrected chi connectivity index (χ4v) is 2.57. The van der Waals surface area contributed by atoms with Crippen molar-refractivity contribution in [2.75, 3.05) is 0 Å². The molecular weight excluding hydrogens is 272 g/mol. The maximum Gasteiger partial charge on any atom is 0.307 e. The molecule has 2 aromatic rings. The molecule has 0 spiro atoms. The van der Waals surface area contributed by atoms with Gasteiger partial charge in [0.25, 0.3) is 0 Å². The average Bonchev–Trinajstić information content (AvgIpc) is 2.41. The monoisotopic (exact) mass is 284 g/mol. The number of hydrogen-bond acceptors (Lipinski definition) is 4. The molecule has 0 aliphatic heterocycles. The third kappa shape index (κ3) is 3.59. The zero-order valence-electron chi connectivity index (χ0n) is 10.8. The maximum absolute atomic E-state index is 10.6. The van der Waals surface area contributed by atoms with Gasteiger partial charge in [-0.1, -0.05) is 23.9 Å². The lowest BCUT2D eigenvalue weighted by molar-refractivity contribution is -0.136. The van der Waals surface area contributed by atoms with Crippen molar-refractivity contribution in [3.05, 3.63) is 53.2 Å². The normalized spacial score (nSPS) is 10.0.